The summed E-state index contributed by atoms with van der Waals surface area (Å²) >= 11 is 8.08. The molecule has 0 saturated carbocycles. The third kappa shape index (κ3) is 4.38. The average molecular weight is 480 g/mol. The van der Waals surface area contributed by atoms with E-state index in [0.29, 0.717) is 10.9 Å². The minimum Gasteiger partial charge on any atom is -0.317 e. The molecular weight excluding hydrogens is 457 g/mol. The molecule has 3 heterocycles. The highest BCUT2D eigenvalue weighted by Crippen LogP contribution is 2.43. The Balaban J connectivity index is 1.68. The second kappa shape index (κ2) is 9.21. The maximum atomic E-state index is 13.8. The average Bonchev–Trinajstić information content (AvgIpc) is 3.26. The molecule has 0 unspecified atom stereocenters. The topological polar surface area (TPSA) is 46.9 Å². The van der Waals surface area contributed by atoms with Crippen LogP contribution in [0.4, 0.5) is 4.39 Å². The molecule has 1 aliphatic rings. The van der Waals surface area contributed by atoms with Gasteiger partial charge in [0.1, 0.15) is 5.82 Å². The molecule has 0 radical (unpaired) electrons. The van der Waals surface area contributed by atoms with E-state index >= 15 is 0 Å². The molecule has 7 heteroatoms. The molecule has 0 spiro atoms. The molecule has 0 amide bonds. The molecule has 4 aromatic rings. The quantitative estimate of drug-likeness (QED) is 0.379. The van der Waals surface area contributed by atoms with Crippen molar-refractivity contribution in [1.82, 2.24) is 14.9 Å². The smallest absolute Gasteiger partial charge is 0.255 e. The van der Waals surface area contributed by atoms with E-state index in [4.69, 9.17) is 16.6 Å². The van der Waals surface area contributed by atoms with Crippen molar-refractivity contribution >= 4 is 22.9 Å². The van der Waals surface area contributed by atoms with Gasteiger partial charge in [-0.3, -0.25) is 9.36 Å². The second-order valence-corrected chi connectivity index (χ2v) is 9.73. The molecule has 1 N–H and O–H groups in total. The Labute approximate surface area is 200 Å². The number of nitrogens with one attached hydrogen (secondary N) is 1. The Morgan fingerprint density at radius 3 is 2.67 bits per heavy atom. The number of para-hydroxylation sites is 1. The summed E-state index contributed by atoms with van der Waals surface area (Å²) in [7, 11) is 0. The highest BCUT2D eigenvalue weighted by Gasteiger charge is 2.24. The van der Waals surface area contributed by atoms with E-state index in [-0.39, 0.29) is 11.4 Å². The van der Waals surface area contributed by atoms with Crippen LogP contribution < -0.4 is 10.9 Å². The van der Waals surface area contributed by atoms with E-state index in [9.17, 15) is 9.18 Å². The van der Waals surface area contributed by atoms with Crippen LogP contribution >= 0.6 is 22.9 Å². The summed E-state index contributed by atoms with van der Waals surface area (Å²) in [5.74, 6) is -0.00765. The molecule has 1 fully saturated rings. The van der Waals surface area contributed by atoms with Gasteiger partial charge in [0.05, 0.1) is 26.3 Å². The number of benzene rings is 2. The van der Waals surface area contributed by atoms with Gasteiger partial charge in [0.25, 0.3) is 5.56 Å². The lowest BCUT2D eigenvalue weighted by Crippen LogP contribution is -2.26. The van der Waals surface area contributed by atoms with Gasteiger partial charge >= 0.3 is 0 Å². The van der Waals surface area contributed by atoms with E-state index in [1.165, 1.54) is 12.1 Å². The number of aryl methyl sites for hydroxylation is 1. The number of piperidine rings is 1. The molecule has 1 aliphatic heterocycles. The summed E-state index contributed by atoms with van der Waals surface area (Å²) in [4.78, 5) is 18.7. The van der Waals surface area contributed by atoms with E-state index in [2.05, 4.69) is 5.32 Å². The summed E-state index contributed by atoms with van der Waals surface area (Å²) in [6.45, 7) is 3.91. The molecule has 2 aromatic heterocycles. The Kier molecular flexibility index (Phi) is 6.15. The fourth-order valence-corrected chi connectivity index (χ4v) is 5.90. The largest absolute Gasteiger partial charge is 0.317 e. The molecule has 4 nitrogen and oxygen atoms in total. The van der Waals surface area contributed by atoms with Crippen molar-refractivity contribution in [3.63, 3.8) is 0 Å². The fourth-order valence-electron chi connectivity index (χ4n) is 4.28. The van der Waals surface area contributed by atoms with E-state index in [1.807, 2.05) is 37.4 Å². The third-order valence-corrected chi connectivity index (χ3v) is 7.63. The molecule has 168 valence electrons. The zero-order valence-corrected chi connectivity index (χ0v) is 19.7. The minimum atomic E-state index is -0.374. The number of pyridine rings is 1. The lowest BCUT2D eigenvalue weighted by atomic mass is 9.99. The minimum absolute atomic E-state index is 0.108. The molecule has 0 bridgehead atoms. The van der Waals surface area contributed by atoms with Crippen LogP contribution in [0.5, 0.6) is 0 Å². The number of hydrogen-bond acceptors (Lipinski definition) is 4. The highest BCUT2D eigenvalue weighted by molar-refractivity contribution is 7.15. The lowest BCUT2D eigenvalue weighted by molar-refractivity contribution is 0.459. The predicted molar refractivity (Wildman–Crippen MR) is 133 cm³/mol. The Morgan fingerprint density at radius 1 is 1.12 bits per heavy atom. The van der Waals surface area contributed by atoms with Crippen molar-refractivity contribution in [3.8, 4) is 27.4 Å². The first-order chi connectivity index (χ1) is 16.0. The fraction of sp³-hybridized carbons (Fsp3) is 0.231. The number of hydrogen-bond donors (Lipinski definition) is 1. The van der Waals surface area contributed by atoms with Crippen LogP contribution in [-0.2, 0) is 0 Å². The Hall–Kier alpha value is -2.80. The zero-order chi connectivity index (χ0) is 22.9. The predicted octanol–water partition coefficient (Wildman–Crippen LogP) is 6.20. The van der Waals surface area contributed by atoms with Gasteiger partial charge in [-0.2, -0.15) is 0 Å². The highest BCUT2D eigenvalue weighted by atomic mass is 35.5. The molecular formula is C26H23ClFN3OS. The third-order valence-electron chi connectivity index (χ3n) is 6.07. The normalized spacial score (nSPS) is 14.5. The van der Waals surface area contributed by atoms with Crippen molar-refractivity contribution in [2.75, 3.05) is 13.1 Å². The van der Waals surface area contributed by atoms with Gasteiger partial charge in [-0.25, -0.2) is 9.37 Å². The van der Waals surface area contributed by atoms with Gasteiger partial charge in [-0.1, -0.05) is 29.8 Å². The van der Waals surface area contributed by atoms with Crippen LogP contribution in [0.1, 0.15) is 29.3 Å². The van der Waals surface area contributed by atoms with Crippen LogP contribution in [0.3, 0.4) is 0 Å². The van der Waals surface area contributed by atoms with Gasteiger partial charge in [0, 0.05) is 29.3 Å². The zero-order valence-electron chi connectivity index (χ0n) is 18.1. The summed E-state index contributed by atoms with van der Waals surface area (Å²) in [5.41, 5.74) is 4.07. The lowest BCUT2D eigenvalue weighted by Gasteiger charge is -2.20. The monoisotopic (exact) mass is 479 g/mol. The van der Waals surface area contributed by atoms with Crippen LogP contribution in [0, 0.1) is 12.7 Å². The number of aromatic nitrogens is 2. The Bertz CT molecular complexity index is 1370. The maximum absolute atomic E-state index is 13.8. The van der Waals surface area contributed by atoms with E-state index < -0.39 is 0 Å². The number of halogens is 2. The van der Waals surface area contributed by atoms with Gasteiger partial charge < -0.3 is 5.32 Å². The van der Waals surface area contributed by atoms with Crippen molar-refractivity contribution in [1.29, 1.82) is 0 Å². The summed E-state index contributed by atoms with van der Waals surface area (Å²) in [5, 5.41) is 4.80. The summed E-state index contributed by atoms with van der Waals surface area (Å²) in [6.07, 6.45) is 3.88. The maximum Gasteiger partial charge on any atom is 0.255 e. The number of rotatable bonds is 4. The van der Waals surface area contributed by atoms with Crippen molar-refractivity contribution in [3.05, 3.63) is 92.6 Å². The van der Waals surface area contributed by atoms with E-state index in [1.54, 1.807) is 34.1 Å². The Morgan fingerprint density at radius 2 is 1.91 bits per heavy atom. The first-order valence-electron chi connectivity index (χ1n) is 11.0. The number of nitrogens with zero attached hydrogens (tertiary/aromatic N) is 2. The van der Waals surface area contributed by atoms with Crippen LogP contribution in [-0.4, -0.2) is 22.6 Å². The van der Waals surface area contributed by atoms with Gasteiger partial charge in [0.15, 0.2) is 0 Å². The van der Waals surface area contributed by atoms with Gasteiger partial charge in [-0.15, -0.1) is 11.3 Å². The summed E-state index contributed by atoms with van der Waals surface area (Å²) < 4.78 is 15.4. The second-order valence-electron chi connectivity index (χ2n) is 8.29. The molecule has 2 aromatic carbocycles. The number of thiazole rings is 1. The molecule has 0 atom stereocenters. The van der Waals surface area contributed by atoms with Gasteiger partial charge in [-0.05, 0) is 68.8 Å². The van der Waals surface area contributed by atoms with Crippen LogP contribution in [0.25, 0.3) is 27.4 Å². The SMILES string of the molecule is Cc1ccccc1-n1cc(-c2nc(C3CCNCC3)sc2-c2ccc(F)cc2Cl)ccc1=O. The van der Waals surface area contributed by atoms with Crippen molar-refractivity contribution in [2.24, 2.45) is 0 Å². The molecule has 1 saturated heterocycles. The van der Waals surface area contributed by atoms with Gasteiger partial charge in [0.2, 0.25) is 0 Å². The van der Waals surface area contributed by atoms with Crippen molar-refractivity contribution in [2.45, 2.75) is 25.7 Å². The first-order valence-corrected chi connectivity index (χ1v) is 12.2. The summed E-state index contributed by atoms with van der Waals surface area (Å²) in [6, 6.07) is 15.6. The molecule has 33 heavy (non-hydrogen) atoms. The van der Waals surface area contributed by atoms with Crippen LogP contribution in [0.15, 0.2) is 65.6 Å². The standard InChI is InChI=1S/C26H23ClFN3OS/c1-16-4-2-3-5-22(16)31-15-18(6-9-23(31)32)24-25(20-8-7-19(28)14-21(20)27)33-26(30-24)17-10-12-29-13-11-17/h2-9,14-15,17,29H,10-13H2,1H3. The molecule has 0 aliphatic carbocycles. The van der Waals surface area contributed by atoms with E-state index in [0.717, 1.165) is 63.9 Å². The van der Waals surface area contributed by atoms with Crippen LogP contribution in [0.2, 0.25) is 5.02 Å². The van der Waals surface area contributed by atoms with Crippen molar-refractivity contribution < 1.29 is 4.39 Å². The molecule has 5 rings (SSSR count). The first kappa shape index (κ1) is 22.0.